The molecule has 1 saturated heterocycles. The van der Waals surface area contributed by atoms with Gasteiger partial charge in [0.25, 0.3) is 0 Å². The molecule has 2 heterocycles. The van der Waals surface area contributed by atoms with Gasteiger partial charge in [-0.2, -0.15) is 13.2 Å². The zero-order valence-electron chi connectivity index (χ0n) is 17.4. The van der Waals surface area contributed by atoms with Crippen LogP contribution in [0, 0.1) is 0 Å². The van der Waals surface area contributed by atoms with E-state index >= 15 is 0 Å². The summed E-state index contributed by atoms with van der Waals surface area (Å²) in [6, 6.07) is 11.2. The number of hydrogen-bond acceptors (Lipinski definition) is 6. The Hall–Kier alpha value is -2.85. The topological polar surface area (TPSA) is 83.9 Å². The summed E-state index contributed by atoms with van der Waals surface area (Å²) >= 11 is 0. The molecule has 1 aliphatic heterocycles. The number of carbonyl (C=O) groups excluding carboxylic acids is 1. The van der Waals surface area contributed by atoms with Crippen LogP contribution in [0.3, 0.4) is 0 Å². The van der Waals surface area contributed by atoms with Gasteiger partial charge in [0.05, 0.1) is 6.04 Å². The number of ether oxygens (including phenoxy) is 2. The van der Waals surface area contributed by atoms with E-state index in [4.69, 9.17) is 4.74 Å². The molecular weight excluding hydrogens is 427 g/mol. The highest BCUT2D eigenvalue weighted by Crippen LogP contribution is 2.22. The van der Waals surface area contributed by atoms with Crippen LogP contribution in [0.2, 0.25) is 0 Å². The Morgan fingerprint density at radius 3 is 2.50 bits per heavy atom. The van der Waals surface area contributed by atoms with E-state index in [2.05, 4.69) is 19.9 Å². The minimum Gasteiger partial charge on any atom is -0.468 e. The smallest absolute Gasteiger partial charge is 0.422 e. The van der Waals surface area contributed by atoms with Gasteiger partial charge in [-0.3, -0.25) is 0 Å². The Morgan fingerprint density at radius 2 is 1.88 bits per heavy atom. The summed E-state index contributed by atoms with van der Waals surface area (Å²) in [7, 11) is 0. The lowest BCUT2D eigenvalue weighted by atomic mass is 10.0. The first-order valence-electron chi connectivity index (χ1n) is 10.3. The molecule has 7 nitrogen and oxygen atoms in total. The lowest BCUT2D eigenvalue weighted by Gasteiger charge is -2.28. The van der Waals surface area contributed by atoms with Gasteiger partial charge in [0.15, 0.2) is 6.61 Å². The SMILES string of the molecule is O=C(N[C@H](CN1CCCC1)C(O)c1ccc(OCC(F)(F)F)nc1)OCc1ccccc1. The van der Waals surface area contributed by atoms with Gasteiger partial charge in [0.1, 0.15) is 12.7 Å². The van der Waals surface area contributed by atoms with E-state index in [9.17, 15) is 23.1 Å². The number of benzene rings is 1. The normalized spacial score (nSPS) is 16.4. The van der Waals surface area contributed by atoms with Crippen molar-refractivity contribution in [3.8, 4) is 5.88 Å². The number of aromatic nitrogens is 1. The van der Waals surface area contributed by atoms with E-state index in [1.807, 2.05) is 30.3 Å². The van der Waals surface area contributed by atoms with Crippen molar-refractivity contribution in [3.63, 3.8) is 0 Å². The van der Waals surface area contributed by atoms with Gasteiger partial charge in [-0.1, -0.05) is 30.3 Å². The number of amides is 1. The first kappa shape index (κ1) is 23.8. The predicted molar refractivity (Wildman–Crippen MR) is 110 cm³/mol. The molecule has 1 amide bonds. The molecule has 2 atom stereocenters. The third-order valence-electron chi connectivity index (χ3n) is 5.04. The maximum Gasteiger partial charge on any atom is 0.422 e. The second kappa shape index (κ2) is 11.1. The molecule has 0 saturated carbocycles. The molecule has 32 heavy (non-hydrogen) atoms. The number of carbonyl (C=O) groups is 1. The Morgan fingerprint density at radius 1 is 1.16 bits per heavy atom. The average molecular weight is 453 g/mol. The molecular formula is C22H26F3N3O4. The van der Waals surface area contributed by atoms with Gasteiger partial charge in [-0.15, -0.1) is 0 Å². The predicted octanol–water partition coefficient (Wildman–Crippen LogP) is 3.45. The minimum atomic E-state index is -4.47. The highest BCUT2D eigenvalue weighted by atomic mass is 19.4. The van der Waals surface area contributed by atoms with E-state index in [-0.39, 0.29) is 12.5 Å². The second-order valence-electron chi connectivity index (χ2n) is 7.60. The van der Waals surface area contributed by atoms with E-state index in [0.29, 0.717) is 12.1 Å². The van der Waals surface area contributed by atoms with E-state index in [0.717, 1.165) is 31.5 Å². The maximum absolute atomic E-state index is 12.4. The Kier molecular flexibility index (Phi) is 8.29. The first-order chi connectivity index (χ1) is 15.3. The van der Waals surface area contributed by atoms with Gasteiger partial charge in [-0.05, 0) is 37.6 Å². The lowest BCUT2D eigenvalue weighted by Crippen LogP contribution is -2.46. The van der Waals surface area contributed by atoms with Crippen LogP contribution < -0.4 is 10.1 Å². The molecule has 0 radical (unpaired) electrons. The van der Waals surface area contributed by atoms with E-state index < -0.39 is 31.0 Å². The van der Waals surface area contributed by atoms with Crippen molar-refractivity contribution < 1.29 is 32.5 Å². The molecule has 2 aromatic rings. The maximum atomic E-state index is 12.4. The summed E-state index contributed by atoms with van der Waals surface area (Å²) in [6.07, 6.45) is -2.96. The molecule has 10 heteroatoms. The number of rotatable bonds is 9. The molecule has 0 bridgehead atoms. The van der Waals surface area contributed by atoms with Crippen molar-refractivity contribution in [2.45, 2.75) is 37.8 Å². The number of alkyl halides is 3. The average Bonchev–Trinajstić information content (AvgIpc) is 3.29. The molecule has 1 aromatic carbocycles. The highest BCUT2D eigenvalue weighted by Gasteiger charge is 2.29. The first-order valence-corrected chi connectivity index (χ1v) is 10.3. The second-order valence-corrected chi connectivity index (χ2v) is 7.60. The lowest BCUT2D eigenvalue weighted by molar-refractivity contribution is -0.154. The summed E-state index contributed by atoms with van der Waals surface area (Å²) in [5.41, 5.74) is 1.18. The fraction of sp³-hybridized carbons (Fsp3) is 0.455. The highest BCUT2D eigenvalue weighted by molar-refractivity contribution is 5.67. The molecule has 0 spiro atoms. The van der Waals surface area contributed by atoms with Crippen molar-refractivity contribution >= 4 is 6.09 Å². The van der Waals surface area contributed by atoms with Gasteiger partial charge in [0.2, 0.25) is 5.88 Å². The number of nitrogens with one attached hydrogen (secondary N) is 1. The fourth-order valence-electron chi connectivity index (χ4n) is 3.42. The molecule has 1 aromatic heterocycles. The standard InChI is InChI=1S/C22H26F3N3O4/c23-22(24,25)15-32-19-9-8-17(12-26-19)20(29)18(13-28-10-4-5-11-28)27-21(30)31-14-16-6-2-1-3-7-16/h1-3,6-9,12,18,20,29H,4-5,10-11,13-15H2,(H,27,30)/t18-,20?/m1/s1. The van der Waals surface area contributed by atoms with Crippen molar-refractivity contribution in [2.75, 3.05) is 26.2 Å². The number of hydrogen-bond donors (Lipinski definition) is 2. The van der Waals surface area contributed by atoms with E-state index in [1.165, 1.54) is 18.3 Å². The molecule has 1 unspecified atom stereocenters. The molecule has 2 N–H and O–H groups in total. The number of alkyl carbamates (subject to hydrolysis) is 1. The number of halogens is 3. The molecule has 3 rings (SSSR count). The zero-order valence-corrected chi connectivity index (χ0v) is 17.4. The Labute approximate surface area is 184 Å². The summed E-state index contributed by atoms with van der Waals surface area (Å²) in [6.45, 7) is 0.743. The Bertz CT molecular complexity index is 844. The van der Waals surface area contributed by atoms with Crippen LogP contribution in [0.4, 0.5) is 18.0 Å². The fourth-order valence-corrected chi connectivity index (χ4v) is 3.42. The van der Waals surface area contributed by atoms with Crippen LogP contribution in [0.5, 0.6) is 5.88 Å². The quantitative estimate of drug-likeness (QED) is 0.605. The van der Waals surface area contributed by atoms with Crippen molar-refractivity contribution in [1.29, 1.82) is 0 Å². The van der Waals surface area contributed by atoms with Crippen LogP contribution in [0.1, 0.15) is 30.1 Å². The minimum absolute atomic E-state index is 0.0893. The van der Waals surface area contributed by atoms with Gasteiger partial charge in [-0.25, -0.2) is 9.78 Å². The number of pyridine rings is 1. The largest absolute Gasteiger partial charge is 0.468 e. The summed E-state index contributed by atoms with van der Waals surface area (Å²) in [5.74, 6) is -0.204. The van der Waals surface area contributed by atoms with Crippen molar-refractivity contribution in [3.05, 3.63) is 59.8 Å². The summed E-state index contributed by atoms with van der Waals surface area (Å²) in [4.78, 5) is 18.3. The number of aliphatic hydroxyl groups is 1. The van der Waals surface area contributed by atoms with Crippen molar-refractivity contribution in [1.82, 2.24) is 15.2 Å². The van der Waals surface area contributed by atoms with Gasteiger partial charge >= 0.3 is 12.3 Å². The molecule has 1 fully saturated rings. The monoisotopic (exact) mass is 453 g/mol. The third-order valence-corrected chi connectivity index (χ3v) is 5.04. The van der Waals surface area contributed by atoms with Gasteiger partial charge in [0, 0.05) is 24.4 Å². The molecule has 0 aliphatic carbocycles. The van der Waals surface area contributed by atoms with Crippen LogP contribution in [-0.4, -0.2) is 59.5 Å². The van der Waals surface area contributed by atoms with Gasteiger partial charge < -0.3 is 24.8 Å². The van der Waals surface area contributed by atoms with Crippen LogP contribution in [0.15, 0.2) is 48.7 Å². The number of likely N-dealkylation sites (tertiary alicyclic amines) is 1. The molecule has 1 aliphatic rings. The third kappa shape index (κ3) is 7.69. The summed E-state index contributed by atoms with van der Waals surface area (Å²) < 4.78 is 46.7. The molecule has 174 valence electrons. The van der Waals surface area contributed by atoms with Crippen LogP contribution in [0.25, 0.3) is 0 Å². The number of aliphatic hydroxyl groups excluding tert-OH is 1. The Balaban J connectivity index is 1.62. The number of nitrogens with zero attached hydrogens (tertiary/aromatic N) is 2. The zero-order chi connectivity index (χ0) is 23.0. The van der Waals surface area contributed by atoms with Crippen LogP contribution in [-0.2, 0) is 11.3 Å². The van der Waals surface area contributed by atoms with E-state index in [1.54, 1.807) is 0 Å². The summed E-state index contributed by atoms with van der Waals surface area (Å²) in [5, 5.41) is 13.6. The van der Waals surface area contributed by atoms with Crippen LogP contribution >= 0.6 is 0 Å². The van der Waals surface area contributed by atoms with Crippen molar-refractivity contribution in [2.24, 2.45) is 0 Å².